The first kappa shape index (κ1) is 84.1. The third-order valence-corrected chi connectivity index (χ3v) is 17.4. The van der Waals surface area contributed by atoms with Gasteiger partial charge in [-0.2, -0.15) is 0 Å². The van der Waals surface area contributed by atoms with Gasteiger partial charge in [0, 0.05) is 25.7 Å². The van der Waals surface area contributed by atoms with E-state index in [1.165, 1.54) is 161 Å². The first-order valence-corrected chi connectivity index (χ1v) is 38.1. The van der Waals surface area contributed by atoms with E-state index in [2.05, 4.69) is 34.6 Å². The Kier molecular flexibility index (Phi) is 59.2. The third-order valence-electron chi connectivity index (χ3n) is 15.5. The quantitative estimate of drug-likeness (QED) is 0.0222. The van der Waals surface area contributed by atoms with Crippen molar-refractivity contribution in [1.82, 2.24) is 0 Å². The highest BCUT2D eigenvalue weighted by molar-refractivity contribution is 7.47. The number of carbonyl (C=O) groups is 4. The van der Waals surface area contributed by atoms with Gasteiger partial charge in [-0.05, 0) is 31.6 Å². The number of rotatable bonds is 67. The molecule has 0 saturated carbocycles. The van der Waals surface area contributed by atoms with Crippen LogP contribution in [-0.4, -0.2) is 96.7 Å². The number of esters is 4. The molecule has 0 aliphatic carbocycles. The van der Waals surface area contributed by atoms with Crippen LogP contribution in [0.15, 0.2) is 0 Å². The highest BCUT2D eigenvalue weighted by atomic mass is 31.2. The maximum Gasteiger partial charge on any atom is 0.472 e. The third kappa shape index (κ3) is 60.9. The number of aliphatic hydroxyl groups excluding tert-OH is 1. The summed E-state index contributed by atoms with van der Waals surface area (Å²) < 4.78 is 68.0. The fraction of sp³-hybridized carbons (Fsp3) is 0.940. The summed E-state index contributed by atoms with van der Waals surface area (Å²) in [5.74, 6) is -1.36. The lowest BCUT2D eigenvalue weighted by molar-refractivity contribution is -0.161. The molecule has 0 fully saturated rings. The molecule has 0 aliphatic heterocycles. The molecule has 5 atom stereocenters. The second kappa shape index (κ2) is 60.6. The van der Waals surface area contributed by atoms with E-state index in [0.717, 1.165) is 102 Å². The SMILES string of the molecule is CCCCCCCCCCCCCCCCCC(=O)O[C@H](COC(=O)CCCCCCCCCCCCCC(C)C)COP(=O)(O)OC[C@@H](O)COP(=O)(O)OC[C@@H](COC(=O)CCCCCCC)OC(=O)CCCCCCCCCCCCCC. The molecule has 0 aromatic heterocycles. The van der Waals surface area contributed by atoms with E-state index in [1.54, 1.807) is 0 Å². The summed E-state index contributed by atoms with van der Waals surface area (Å²) in [5, 5.41) is 10.5. The van der Waals surface area contributed by atoms with Crippen LogP contribution in [0.3, 0.4) is 0 Å². The molecule has 0 amide bonds. The van der Waals surface area contributed by atoms with Gasteiger partial charge in [0.1, 0.15) is 19.3 Å². The Morgan fingerprint density at radius 3 is 0.791 bits per heavy atom. The predicted molar refractivity (Wildman–Crippen MR) is 345 cm³/mol. The number of unbranched alkanes of at least 4 members (excludes halogenated alkanes) is 39. The second-order valence-corrected chi connectivity index (χ2v) is 27.6. The van der Waals surface area contributed by atoms with Crippen LogP contribution in [0, 0.1) is 5.92 Å². The number of aliphatic hydroxyl groups is 1. The first-order chi connectivity index (χ1) is 41.5. The van der Waals surface area contributed by atoms with Crippen molar-refractivity contribution in [3.8, 4) is 0 Å². The van der Waals surface area contributed by atoms with E-state index in [-0.39, 0.29) is 25.7 Å². The Hall–Kier alpha value is -1.94. The van der Waals surface area contributed by atoms with Crippen LogP contribution in [0.2, 0.25) is 0 Å². The molecule has 0 aliphatic rings. The van der Waals surface area contributed by atoms with Crippen LogP contribution in [0.25, 0.3) is 0 Å². The number of phosphoric ester groups is 2. The van der Waals surface area contributed by atoms with Crippen molar-refractivity contribution in [1.29, 1.82) is 0 Å². The van der Waals surface area contributed by atoms with Gasteiger partial charge in [-0.25, -0.2) is 9.13 Å². The van der Waals surface area contributed by atoms with Gasteiger partial charge >= 0.3 is 39.5 Å². The summed E-state index contributed by atoms with van der Waals surface area (Å²) in [4.78, 5) is 72.1. The zero-order valence-electron chi connectivity index (χ0n) is 55.4. The highest BCUT2D eigenvalue weighted by Gasteiger charge is 2.30. The van der Waals surface area contributed by atoms with Gasteiger partial charge in [-0.15, -0.1) is 0 Å². The van der Waals surface area contributed by atoms with Crippen LogP contribution >= 0.6 is 15.6 Å². The van der Waals surface area contributed by atoms with Crippen molar-refractivity contribution >= 4 is 39.5 Å². The Balaban J connectivity index is 5.17. The second-order valence-electron chi connectivity index (χ2n) is 24.7. The Morgan fingerprint density at radius 1 is 0.314 bits per heavy atom. The molecular weight excluding hydrogens is 1140 g/mol. The lowest BCUT2D eigenvalue weighted by atomic mass is 10.0. The minimum Gasteiger partial charge on any atom is -0.462 e. The Morgan fingerprint density at radius 2 is 0.535 bits per heavy atom. The molecule has 510 valence electrons. The van der Waals surface area contributed by atoms with Gasteiger partial charge in [-0.1, -0.05) is 291 Å². The van der Waals surface area contributed by atoms with Crippen LogP contribution in [0.1, 0.15) is 343 Å². The summed E-state index contributed by atoms with van der Waals surface area (Å²) in [6.07, 6.45) is 46.1. The van der Waals surface area contributed by atoms with E-state index in [9.17, 15) is 43.2 Å². The van der Waals surface area contributed by atoms with Crippen molar-refractivity contribution < 1.29 is 80.2 Å². The normalized spacial score (nSPS) is 14.2. The summed E-state index contributed by atoms with van der Waals surface area (Å²) in [7, 11) is -9.88. The molecule has 0 saturated heterocycles. The molecule has 19 heteroatoms. The molecule has 17 nitrogen and oxygen atoms in total. The van der Waals surface area contributed by atoms with Crippen LogP contribution < -0.4 is 0 Å². The number of phosphoric acid groups is 2. The summed E-state index contributed by atoms with van der Waals surface area (Å²) in [6, 6.07) is 0. The van der Waals surface area contributed by atoms with Gasteiger partial charge in [0.05, 0.1) is 26.4 Å². The maximum atomic E-state index is 13.0. The van der Waals surface area contributed by atoms with Crippen molar-refractivity contribution in [2.24, 2.45) is 5.92 Å². The van der Waals surface area contributed by atoms with Crippen LogP contribution in [-0.2, 0) is 65.4 Å². The number of hydrogen-bond acceptors (Lipinski definition) is 15. The van der Waals surface area contributed by atoms with Crippen LogP contribution in [0.4, 0.5) is 0 Å². The molecule has 86 heavy (non-hydrogen) atoms. The predicted octanol–water partition coefficient (Wildman–Crippen LogP) is 19.0. The fourth-order valence-corrected chi connectivity index (χ4v) is 11.7. The Bertz CT molecular complexity index is 1670. The highest BCUT2D eigenvalue weighted by Crippen LogP contribution is 2.45. The molecular formula is C67H130O17P2. The van der Waals surface area contributed by atoms with Gasteiger partial charge in [0.25, 0.3) is 0 Å². The summed E-state index contributed by atoms with van der Waals surface area (Å²) in [5.41, 5.74) is 0. The zero-order chi connectivity index (χ0) is 63.5. The number of hydrogen-bond donors (Lipinski definition) is 3. The molecule has 0 radical (unpaired) electrons. The van der Waals surface area contributed by atoms with Crippen molar-refractivity contribution in [2.45, 2.75) is 361 Å². The molecule has 0 bridgehead atoms. The van der Waals surface area contributed by atoms with E-state index in [4.69, 9.17) is 37.0 Å². The van der Waals surface area contributed by atoms with Crippen molar-refractivity contribution in [2.75, 3.05) is 39.6 Å². The number of ether oxygens (including phenoxy) is 4. The van der Waals surface area contributed by atoms with Gasteiger partial charge in [0.15, 0.2) is 12.2 Å². The molecule has 0 aromatic carbocycles. The van der Waals surface area contributed by atoms with E-state index >= 15 is 0 Å². The molecule has 0 spiro atoms. The topological polar surface area (TPSA) is 237 Å². The van der Waals surface area contributed by atoms with Gasteiger partial charge < -0.3 is 33.8 Å². The minimum absolute atomic E-state index is 0.106. The minimum atomic E-state index is -4.95. The van der Waals surface area contributed by atoms with Crippen LogP contribution in [0.5, 0.6) is 0 Å². The molecule has 2 unspecified atom stereocenters. The molecule has 0 aromatic rings. The Labute approximate surface area is 524 Å². The van der Waals surface area contributed by atoms with E-state index in [1.807, 2.05) is 0 Å². The molecule has 0 heterocycles. The smallest absolute Gasteiger partial charge is 0.462 e. The van der Waals surface area contributed by atoms with Crippen molar-refractivity contribution in [3.63, 3.8) is 0 Å². The lowest BCUT2D eigenvalue weighted by Crippen LogP contribution is -2.30. The monoisotopic (exact) mass is 1270 g/mol. The van der Waals surface area contributed by atoms with E-state index < -0.39 is 97.5 Å². The summed E-state index contributed by atoms with van der Waals surface area (Å²) >= 11 is 0. The molecule has 0 rings (SSSR count). The summed E-state index contributed by atoms with van der Waals surface area (Å²) in [6.45, 7) is 7.15. The first-order valence-electron chi connectivity index (χ1n) is 35.1. The fourth-order valence-electron chi connectivity index (χ4n) is 10.1. The standard InChI is InChI=1S/C67H130O17P2/c1-6-9-12-15-17-19-21-23-24-25-29-34-38-43-48-53-67(72)84-63(57-78-65(70)51-46-41-36-32-30-26-27-31-35-40-44-49-60(4)5)59-82-86(75,76)80-55-61(68)54-79-85(73,74)81-58-62(56-77-64(69)50-45-39-14-11-8-3)83-66(71)52-47-42-37-33-28-22-20-18-16-13-10-7-2/h60-63,68H,6-59H2,1-5H3,(H,73,74)(H,75,76)/t61-,62+,63+/m0/s1. The zero-order valence-corrected chi connectivity index (χ0v) is 57.2. The largest absolute Gasteiger partial charge is 0.472 e. The van der Waals surface area contributed by atoms with Gasteiger partial charge in [0.2, 0.25) is 0 Å². The van der Waals surface area contributed by atoms with E-state index in [0.29, 0.717) is 25.7 Å². The number of carbonyl (C=O) groups excluding carboxylic acids is 4. The van der Waals surface area contributed by atoms with Crippen molar-refractivity contribution in [3.05, 3.63) is 0 Å². The maximum absolute atomic E-state index is 13.0. The lowest BCUT2D eigenvalue weighted by Gasteiger charge is -2.21. The van der Waals surface area contributed by atoms with Gasteiger partial charge in [-0.3, -0.25) is 37.3 Å². The average Bonchev–Trinajstić information content (AvgIpc) is 3.70. The molecule has 3 N–H and O–H groups in total. The average molecular weight is 1270 g/mol.